The predicted octanol–water partition coefficient (Wildman–Crippen LogP) is 1.03. The minimum Gasteiger partial charge on any atom is -0.375 e. The van der Waals surface area contributed by atoms with E-state index in [9.17, 15) is 4.39 Å². The lowest BCUT2D eigenvalue weighted by molar-refractivity contribution is -0.0292. The third-order valence-electron chi connectivity index (χ3n) is 2.65. The van der Waals surface area contributed by atoms with E-state index in [2.05, 4.69) is 11.9 Å². The molecule has 3 heteroatoms. The quantitative estimate of drug-likeness (QED) is 0.550. The number of ether oxygens (including phenoxy) is 1. The first-order valence-corrected chi connectivity index (χ1v) is 4.44. The molecule has 2 nitrogen and oxygen atoms in total. The molecule has 1 heterocycles. The predicted molar refractivity (Wildman–Crippen MR) is 44.8 cm³/mol. The molecule has 0 aromatic heterocycles. The van der Waals surface area contributed by atoms with Crippen LogP contribution in [0, 0.1) is 0 Å². The lowest BCUT2D eigenvalue weighted by Crippen LogP contribution is -2.52. The van der Waals surface area contributed by atoms with Crippen LogP contribution in [0.25, 0.3) is 0 Å². The third-order valence-corrected chi connectivity index (χ3v) is 2.65. The van der Waals surface area contributed by atoms with Crippen LogP contribution in [0.4, 0.5) is 4.39 Å². The Hall–Kier alpha value is -0.410. The highest BCUT2D eigenvalue weighted by atomic mass is 19.1. The van der Waals surface area contributed by atoms with Crippen molar-refractivity contribution in [2.45, 2.75) is 31.2 Å². The second kappa shape index (κ2) is 3.15. The number of hydrogen-bond donors (Lipinski definition) is 1. The highest BCUT2D eigenvalue weighted by molar-refractivity contribution is 5.11. The van der Waals surface area contributed by atoms with Crippen molar-refractivity contribution >= 4 is 0 Å². The molecule has 0 aromatic carbocycles. The topological polar surface area (TPSA) is 21.3 Å². The number of fused-ring (bicyclic) bond motifs is 1. The fraction of sp³-hybridized carbons (Fsp3) is 0.778. The van der Waals surface area contributed by atoms with Crippen LogP contribution in [0.5, 0.6) is 0 Å². The van der Waals surface area contributed by atoms with E-state index in [0.717, 1.165) is 13.0 Å². The number of nitrogens with one attached hydrogen (secondary N) is 1. The van der Waals surface area contributed by atoms with Gasteiger partial charge in [-0.2, -0.15) is 0 Å². The first-order valence-electron chi connectivity index (χ1n) is 4.44. The van der Waals surface area contributed by atoms with Gasteiger partial charge in [-0.05, 0) is 12.0 Å². The summed E-state index contributed by atoms with van der Waals surface area (Å²) >= 11 is 0. The van der Waals surface area contributed by atoms with E-state index in [-0.39, 0.29) is 6.10 Å². The summed E-state index contributed by atoms with van der Waals surface area (Å²) in [5.41, 5.74) is 0.717. The first-order chi connectivity index (χ1) is 5.77. The van der Waals surface area contributed by atoms with Crippen LogP contribution in [0.15, 0.2) is 12.2 Å². The Morgan fingerprint density at radius 1 is 1.58 bits per heavy atom. The zero-order chi connectivity index (χ0) is 8.55. The molecule has 3 unspecified atom stereocenters. The van der Waals surface area contributed by atoms with Crippen molar-refractivity contribution in [1.82, 2.24) is 5.32 Å². The maximum Gasteiger partial charge on any atom is 0.123 e. The van der Waals surface area contributed by atoms with Gasteiger partial charge in [0.1, 0.15) is 6.17 Å². The minimum atomic E-state index is -0.855. The molecule has 2 fully saturated rings. The van der Waals surface area contributed by atoms with Gasteiger partial charge in [0, 0.05) is 19.0 Å². The summed E-state index contributed by atoms with van der Waals surface area (Å²) in [5.74, 6) is 0. The average molecular weight is 171 g/mol. The van der Waals surface area contributed by atoms with Crippen molar-refractivity contribution < 1.29 is 9.13 Å². The molecule has 1 saturated heterocycles. The van der Waals surface area contributed by atoms with E-state index in [0.29, 0.717) is 24.6 Å². The van der Waals surface area contributed by atoms with Gasteiger partial charge in [0.25, 0.3) is 0 Å². The summed E-state index contributed by atoms with van der Waals surface area (Å²) < 4.78 is 18.6. The SMILES string of the molecule is C=C1CC2NCCOC2CC1F. The molecule has 1 aliphatic carbocycles. The van der Waals surface area contributed by atoms with Gasteiger partial charge in [0.15, 0.2) is 0 Å². The molecular formula is C9H14FNO. The summed E-state index contributed by atoms with van der Waals surface area (Å²) in [6.07, 6.45) is 0.424. The molecule has 0 aromatic rings. The Labute approximate surface area is 71.8 Å². The number of halogens is 1. The van der Waals surface area contributed by atoms with Crippen molar-refractivity contribution in [3.63, 3.8) is 0 Å². The summed E-state index contributed by atoms with van der Waals surface area (Å²) in [6, 6.07) is 0.304. The fourth-order valence-corrected chi connectivity index (χ4v) is 1.92. The van der Waals surface area contributed by atoms with Crippen LogP contribution in [0.3, 0.4) is 0 Å². The zero-order valence-electron chi connectivity index (χ0n) is 7.05. The van der Waals surface area contributed by atoms with E-state index >= 15 is 0 Å². The fourth-order valence-electron chi connectivity index (χ4n) is 1.92. The largest absolute Gasteiger partial charge is 0.375 e. The average Bonchev–Trinajstić information content (AvgIpc) is 2.07. The Kier molecular flexibility index (Phi) is 2.15. The molecule has 2 aliphatic rings. The van der Waals surface area contributed by atoms with Gasteiger partial charge in [-0.1, -0.05) is 6.58 Å². The van der Waals surface area contributed by atoms with Crippen LogP contribution >= 0.6 is 0 Å². The van der Waals surface area contributed by atoms with Crippen molar-refractivity contribution in [3.8, 4) is 0 Å². The summed E-state index contributed by atoms with van der Waals surface area (Å²) in [6.45, 7) is 5.30. The Balaban J connectivity index is 2.02. The van der Waals surface area contributed by atoms with E-state index < -0.39 is 6.17 Å². The van der Waals surface area contributed by atoms with Crippen molar-refractivity contribution in [1.29, 1.82) is 0 Å². The highest BCUT2D eigenvalue weighted by Crippen LogP contribution is 2.28. The molecule has 0 spiro atoms. The lowest BCUT2D eigenvalue weighted by atomic mass is 9.87. The molecule has 1 aliphatic heterocycles. The van der Waals surface area contributed by atoms with Crippen LogP contribution in [0.1, 0.15) is 12.8 Å². The number of morpholine rings is 1. The third kappa shape index (κ3) is 1.39. The van der Waals surface area contributed by atoms with Crippen LogP contribution in [-0.4, -0.2) is 31.5 Å². The molecule has 1 N–H and O–H groups in total. The molecule has 12 heavy (non-hydrogen) atoms. The lowest BCUT2D eigenvalue weighted by Gasteiger charge is -2.38. The van der Waals surface area contributed by atoms with Crippen LogP contribution in [-0.2, 0) is 4.74 Å². The molecular weight excluding hydrogens is 157 g/mol. The van der Waals surface area contributed by atoms with Gasteiger partial charge in [-0.3, -0.25) is 0 Å². The monoisotopic (exact) mass is 171 g/mol. The van der Waals surface area contributed by atoms with Gasteiger partial charge < -0.3 is 10.1 Å². The summed E-state index contributed by atoms with van der Waals surface area (Å²) in [5, 5.41) is 3.32. The van der Waals surface area contributed by atoms with E-state index in [1.807, 2.05) is 0 Å². The van der Waals surface area contributed by atoms with E-state index in [1.54, 1.807) is 0 Å². The Bertz CT molecular complexity index is 195. The second-order valence-corrected chi connectivity index (χ2v) is 3.54. The molecule has 3 atom stereocenters. The first kappa shape index (κ1) is 8.20. The summed E-state index contributed by atoms with van der Waals surface area (Å²) in [4.78, 5) is 0. The smallest absolute Gasteiger partial charge is 0.123 e. The zero-order valence-corrected chi connectivity index (χ0v) is 7.05. The molecule has 2 rings (SSSR count). The number of hydrogen-bond acceptors (Lipinski definition) is 2. The van der Waals surface area contributed by atoms with Gasteiger partial charge >= 0.3 is 0 Å². The maximum atomic E-state index is 13.1. The van der Waals surface area contributed by atoms with Crippen molar-refractivity contribution in [2.75, 3.05) is 13.2 Å². The van der Waals surface area contributed by atoms with Gasteiger partial charge in [-0.25, -0.2) is 4.39 Å². The van der Waals surface area contributed by atoms with Crippen LogP contribution < -0.4 is 5.32 Å². The standard InChI is InChI=1S/C9H14FNO/c1-6-4-8-9(5-7(6)10)12-3-2-11-8/h7-9,11H,1-5H2. The van der Waals surface area contributed by atoms with Crippen LogP contribution in [0.2, 0.25) is 0 Å². The molecule has 0 radical (unpaired) electrons. The minimum absolute atomic E-state index is 0.0687. The molecule has 0 bridgehead atoms. The van der Waals surface area contributed by atoms with Crippen molar-refractivity contribution in [2.24, 2.45) is 0 Å². The maximum absolute atomic E-state index is 13.1. The Morgan fingerprint density at radius 2 is 2.42 bits per heavy atom. The molecule has 0 amide bonds. The van der Waals surface area contributed by atoms with Gasteiger partial charge in [0.2, 0.25) is 0 Å². The van der Waals surface area contributed by atoms with Crippen molar-refractivity contribution in [3.05, 3.63) is 12.2 Å². The van der Waals surface area contributed by atoms with Gasteiger partial charge in [-0.15, -0.1) is 0 Å². The number of rotatable bonds is 0. The summed E-state index contributed by atoms with van der Waals surface area (Å²) in [7, 11) is 0. The molecule has 1 saturated carbocycles. The van der Waals surface area contributed by atoms with E-state index in [1.165, 1.54) is 0 Å². The Morgan fingerprint density at radius 3 is 3.25 bits per heavy atom. The second-order valence-electron chi connectivity index (χ2n) is 3.54. The number of alkyl halides is 1. The van der Waals surface area contributed by atoms with Gasteiger partial charge in [0.05, 0.1) is 12.7 Å². The molecule has 68 valence electrons. The van der Waals surface area contributed by atoms with E-state index in [4.69, 9.17) is 4.74 Å². The normalized spacial score (nSPS) is 42.4. The highest BCUT2D eigenvalue weighted by Gasteiger charge is 2.34.